The number of nitrogens with zero attached hydrogens (tertiary/aromatic N) is 1. The molecule has 0 spiro atoms. The third-order valence-electron chi connectivity index (χ3n) is 2.20. The Balaban J connectivity index is 2.29. The van der Waals surface area contributed by atoms with Crippen molar-refractivity contribution >= 4 is 11.8 Å². The molecule has 1 rings (SSSR count). The molecule has 3 heteroatoms. The predicted molar refractivity (Wildman–Crippen MR) is 52.9 cm³/mol. The SMILES string of the molecule is CCCSCC(N)(C#N)C1CC1. The van der Waals surface area contributed by atoms with Gasteiger partial charge in [0.25, 0.3) is 0 Å². The van der Waals surface area contributed by atoms with Crippen molar-refractivity contribution in [2.75, 3.05) is 11.5 Å². The Kier molecular flexibility index (Phi) is 3.42. The molecule has 1 atom stereocenters. The quantitative estimate of drug-likeness (QED) is 0.662. The lowest BCUT2D eigenvalue weighted by Gasteiger charge is -2.19. The van der Waals surface area contributed by atoms with E-state index < -0.39 is 5.54 Å². The molecule has 68 valence electrons. The van der Waals surface area contributed by atoms with E-state index >= 15 is 0 Å². The Labute approximate surface area is 78.5 Å². The first-order valence-electron chi connectivity index (χ1n) is 4.51. The average molecular weight is 184 g/mol. The third-order valence-corrected chi connectivity index (χ3v) is 3.58. The van der Waals surface area contributed by atoms with Gasteiger partial charge in [-0.05, 0) is 30.9 Å². The topological polar surface area (TPSA) is 49.8 Å². The standard InChI is InChI=1S/C9H16N2S/c1-2-5-12-7-9(11,6-10)8-3-4-8/h8H,2-5,7,11H2,1H3. The first kappa shape index (κ1) is 9.88. The van der Waals surface area contributed by atoms with Crippen LogP contribution in [-0.4, -0.2) is 17.0 Å². The molecular weight excluding hydrogens is 168 g/mol. The van der Waals surface area contributed by atoms with Crippen LogP contribution < -0.4 is 5.73 Å². The van der Waals surface area contributed by atoms with Crippen LogP contribution >= 0.6 is 11.8 Å². The van der Waals surface area contributed by atoms with Crippen LogP contribution in [0, 0.1) is 17.2 Å². The molecular formula is C9H16N2S. The molecule has 1 fully saturated rings. The summed E-state index contributed by atoms with van der Waals surface area (Å²) in [5, 5.41) is 8.91. The predicted octanol–water partition coefficient (Wildman–Crippen LogP) is 1.76. The van der Waals surface area contributed by atoms with E-state index in [9.17, 15) is 0 Å². The van der Waals surface area contributed by atoms with Gasteiger partial charge in [-0.3, -0.25) is 0 Å². The van der Waals surface area contributed by atoms with Crippen molar-refractivity contribution in [1.82, 2.24) is 0 Å². The maximum Gasteiger partial charge on any atom is 0.116 e. The van der Waals surface area contributed by atoms with Gasteiger partial charge in [-0.1, -0.05) is 6.92 Å². The van der Waals surface area contributed by atoms with Crippen LogP contribution in [0.15, 0.2) is 0 Å². The molecule has 0 aromatic rings. The highest BCUT2D eigenvalue weighted by Crippen LogP contribution is 2.39. The van der Waals surface area contributed by atoms with E-state index in [0.29, 0.717) is 5.92 Å². The van der Waals surface area contributed by atoms with Gasteiger partial charge < -0.3 is 5.73 Å². The largest absolute Gasteiger partial charge is 0.312 e. The summed E-state index contributed by atoms with van der Waals surface area (Å²) in [6.45, 7) is 2.15. The van der Waals surface area contributed by atoms with Gasteiger partial charge in [0.1, 0.15) is 5.54 Å². The van der Waals surface area contributed by atoms with Gasteiger partial charge in [0, 0.05) is 5.75 Å². The van der Waals surface area contributed by atoms with Crippen LogP contribution in [0.1, 0.15) is 26.2 Å². The Bertz CT molecular complexity index is 183. The van der Waals surface area contributed by atoms with Gasteiger partial charge >= 0.3 is 0 Å². The monoisotopic (exact) mass is 184 g/mol. The smallest absolute Gasteiger partial charge is 0.116 e. The maximum absolute atomic E-state index is 8.91. The zero-order valence-electron chi connectivity index (χ0n) is 7.55. The normalized spacial score (nSPS) is 21.4. The molecule has 2 nitrogen and oxygen atoms in total. The number of hydrogen-bond donors (Lipinski definition) is 1. The summed E-state index contributed by atoms with van der Waals surface area (Å²) in [6, 6.07) is 2.26. The molecule has 0 aliphatic heterocycles. The summed E-state index contributed by atoms with van der Waals surface area (Å²) >= 11 is 1.81. The molecule has 0 aromatic carbocycles. The van der Waals surface area contributed by atoms with Crippen molar-refractivity contribution in [3.63, 3.8) is 0 Å². The van der Waals surface area contributed by atoms with Crippen molar-refractivity contribution in [2.24, 2.45) is 11.7 Å². The van der Waals surface area contributed by atoms with E-state index in [-0.39, 0.29) is 0 Å². The minimum Gasteiger partial charge on any atom is -0.312 e. The molecule has 0 heterocycles. The molecule has 0 aromatic heterocycles. The number of thioether (sulfide) groups is 1. The van der Waals surface area contributed by atoms with Crippen molar-refractivity contribution in [2.45, 2.75) is 31.7 Å². The van der Waals surface area contributed by atoms with Crippen LogP contribution in [0.25, 0.3) is 0 Å². The Morgan fingerprint density at radius 3 is 2.75 bits per heavy atom. The summed E-state index contributed by atoms with van der Waals surface area (Å²) in [5.41, 5.74) is 5.43. The van der Waals surface area contributed by atoms with Gasteiger partial charge in [0.2, 0.25) is 0 Å². The second-order valence-corrected chi connectivity index (χ2v) is 4.58. The van der Waals surface area contributed by atoms with Crippen LogP contribution in [0.2, 0.25) is 0 Å². The second-order valence-electron chi connectivity index (χ2n) is 3.48. The minimum absolute atomic E-state index is 0.479. The lowest BCUT2D eigenvalue weighted by molar-refractivity contribution is 0.532. The third kappa shape index (κ3) is 2.40. The number of hydrogen-bond acceptors (Lipinski definition) is 3. The van der Waals surface area contributed by atoms with Gasteiger partial charge in [-0.15, -0.1) is 0 Å². The number of rotatable bonds is 5. The molecule has 1 aliphatic carbocycles. The highest BCUT2D eigenvalue weighted by Gasteiger charge is 2.42. The summed E-state index contributed by atoms with van der Waals surface area (Å²) in [7, 11) is 0. The van der Waals surface area contributed by atoms with Crippen LogP contribution in [-0.2, 0) is 0 Å². The fourth-order valence-corrected chi connectivity index (χ4v) is 2.30. The zero-order valence-corrected chi connectivity index (χ0v) is 8.36. The van der Waals surface area contributed by atoms with E-state index in [4.69, 9.17) is 11.0 Å². The summed E-state index contributed by atoms with van der Waals surface area (Å²) in [5.74, 6) is 2.40. The first-order valence-corrected chi connectivity index (χ1v) is 5.66. The van der Waals surface area contributed by atoms with Gasteiger partial charge in [0.05, 0.1) is 6.07 Å². The summed E-state index contributed by atoms with van der Waals surface area (Å²) in [6.07, 6.45) is 3.46. The highest BCUT2D eigenvalue weighted by molar-refractivity contribution is 7.99. The van der Waals surface area contributed by atoms with Gasteiger partial charge in [0.15, 0.2) is 0 Å². The van der Waals surface area contributed by atoms with Crippen LogP contribution in [0.3, 0.4) is 0 Å². The fraction of sp³-hybridized carbons (Fsp3) is 0.889. The molecule has 1 unspecified atom stereocenters. The first-order chi connectivity index (χ1) is 5.73. The molecule has 0 amide bonds. The van der Waals surface area contributed by atoms with Crippen molar-refractivity contribution < 1.29 is 0 Å². The highest BCUT2D eigenvalue weighted by atomic mass is 32.2. The molecule has 0 radical (unpaired) electrons. The van der Waals surface area contributed by atoms with Crippen molar-refractivity contribution in [3.8, 4) is 6.07 Å². The minimum atomic E-state index is -0.528. The lowest BCUT2D eigenvalue weighted by atomic mass is 10.00. The van der Waals surface area contributed by atoms with E-state index in [1.165, 1.54) is 0 Å². The Morgan fingerprint density at radius 1 is 1.67 bits per heavy atom. The Hall–Kier alpha value is -0.200. The molecule has 1 aliphatic rings. The molecule has 2 N–H and O–H groups in total. The number of nitrogens with two attached hydrogens (primary N) is 1. The van der Waals surface area contributed by atoms with Crippen LogP contribution in [0.4, 0.5) is 0 Å². The molecule has 0 bridgehead atoms. The van der Waals surface area contributed by atoms with Gasteiger partial charge in [-0.2, -0.15) is 17.0 Å². The van der Waals surface area contributed by atoms with E-state index in [0.717, 1.165) is 30.8 Å². The van der Waals surface area contributed by atoms with Crippen LogP contribution in [0.5, 0.6) is 0 Å². The fourth-order valence-electron chi connectivity index (χ4n) is 1.23. The molecule has 12 heavy (non-hydrogen) atoms. The zero-order chi connectivity index (χ0) is 9.03. The Morgan fingerprint density at radius 2 is 2.33 bits per heavy atom. The number of nitriles is 1. The summed E-state index contributed by atoms with van der Waals surface area (Å²) in [4.78, 5) is 0. The molecule has 1 saturated carbocycles. The van der Waals surface area contributed by atoms with E-state index in [1.807, 2.05) is 0 Å². The average Bonchev–Trinajstić information content (AvgIpc) is 2.87. The lowest BCUT2D eigenvalue weighted by Crippen LogP contribution is -2.43. The van der Waals surface area contributed by atoms with Crippen molar-refractivity contribution in [3.05, 3.63) is 0 Å². The van der Waals surface area contributed by atoms with E-state index in [1.54, 1.807) is 11.8 Å². The van der Waals surface area contributed by atoms with E-state index in [2.05, 4.69) is 13.0 Å². The maximum atomic E-state index is 8.91. The second kappa shape index (κ2) is 4.15. The van der Waals surface area contributed by atoms with Crippen molar-refractivity contribution in [1.29, 1.82) is 5.26 Å². The summed E-state index contributed by atoms with van der Waals surface area (Å²) < 4.78 is 0. The molecule has 0 saturated heterocycles. The van der Waals surface area contributed by atoms with Gasteiger partial charge in [-0.25, -0.2) is 0 Å².